The van der Waals surface area contributed by atoms with Crippen LogP contribution in [0.2, 0.25) is 0 Å². The van der Waals surface area contributed by atoms with E-state index in [4.69, 9.17) is 0 Å². The maximum atomic E-state index is 2.38. The van der Waals surface area contributed by atoms with E-state index in [2.05, 4.69) is 20.5 Å². The highest BCUT2D eigenvalue weighted by Crippen LogP contribution is 2.36. The van der Waals surface area contributed by atoms with Crippen molar-refractivity contribution < 1.29 is 0 Å². The van der Waals surface area contributed by atoms with Crippen molar-refractivity contribution in [1.29, 1.82) is 0 Å². The average Bonchev–Trinajstić information content (AvgIpc) is 1.93. The summed E-state index contributed by atoms with van der Waals surface area (Å²) in [6, 6.07) is 0. The van der Waals surface area contributed by atoms with Crippen LogP contribution in [0, 0.1) is 11.8 Å². The Morgan fingerprint density at radius 3 is 2.33 bits per heavy atom. The largest absolute Gasteiger partial charge is 0.122 e. The third kappa shape index (κ3) is 3.44. The van der Waals surface area contributed by atoms with Gasteiger partial charge in [0.1, 0.15) is 0 Å². The fraction of sp³-hybridized carbons (Fsp3) is 1.00. The van der Waals surface area contributed by atoms with Gasteiger partial charge in [0.15, 0.2) is 0 Å². The third-order valence-corrected chi connectivity index (χ3v) is 4.29. The molecular weight excluding hydrogens is 163 g/mol. The number of hydrogen-bond donors (Lipinski definition) is 0. The van der Waals surface area contributed by atoms with E-state index >= 15 is 0 Å². The van der Waals surface area contributed by atoms with E-state index in [1.807, 2.05) is 0 Å². The van der Waals surface area contributed by atoms with Crippen molar-refractivity contribution >= 4 is 8.58 Å². The molecule has 0 bridgehead atoms. The second kappa shape index (κ2) is 5.22. The quantitative estimate of drug-likeness (QED) is 0.571. The van der Waals surface area contributed by atoms with Crippen LogP contribution >= 0.6 is 8.58 Å². The van der Waals surface area contributed by atoms with Crippen LogP contribution in [0.15, 0.2) is 0 Å². The Bertz CT molecular complexity index is 116. The molecule has 0 nitrogen and oxygen atoms in total. The van der Waals surface area contributed by atoms with E-state index in [1.54, 1.807) is 0 Å². The predicted octanol–water partition coefficient (Wildman–Crippen LogP) is 3.90. The molecule has 1 saturated carbocycles. The van der Waals surface area contributed by atoms with Gasteiger partial charge < -0.3 is 0 Å². The molecule has 12 heavy (non-hydrogen) atoms. The number of hydrogen-bond acceptors (Lipinski definition) is 0. The van der Waals surface area contributed by atoms with Crippen LogP contribution in [0.3, 0.4) is 0 Å². The van der Waals surface area contributed by atoms with Crippen LogP contribution < -0.4 is 0 Å². The van der Waals surface area contributed by atoms with Gasteiger partial charge in [-0.3, -0.25) is 0 Å². The van der Waals surface area contributed by atoms with E-state index in [-0.39, 0.29) is 0 Å². The first-order chi connectivity index (χ1) is 5.72. The lowest BCUT2D eigenvalue weighted by Gasteiger charge is -2.29. The first-order valence-corrected chi connectivity index (χ1v) is 6.97. The summed E-state index contributed by atoms with van der Waals surface area (Å²) in [5.41, 5.74) is 1.05. The minimum atomic E-state index is 0.905. The van der Waals surface area contributed by atoms with Crippen molar-refractivity contribution in [2.24, 2.45) is 11.8 Å². The third-order valence-electron chi connectivity index (χ3n) is 3.01. The van der Waals surface area contributed by atoms with Crippen molar-refractivity contribution in [2.75, 3.05) is 6.66 Å². The van der Waals surface area contributed by atoms with Crippen LogP contribution in [0.25, 0.3) is 0 Å². The molecule has 2 unspecified atom stereocenters. The zero-order chi connectivity index (χ0) is 8.97. The molecule has 0 aliphatic heterocycles. The lowest BCUT2D eigenvalue weighted by Crippen LogP contribution is -2.17. The molecule has 72 valence electrons. The van der Waals surface area contributed by atoms with Gasteiger partial charge in [0.05, 0.1) is 0 Å². The Kier molecular flexibility index (Phi) is 4.57. The standard InChI is InChI=1S/C11H23P/c1-9(2)7-11(12-3)8-10-5-4-6-10/h9-12H,4-8H2,1-3H3. The Hall–Kier alpha value is 0.430. The zero-order valence-electron chi connectivity index (χ0n) is 8.77. The molecule has 1 aliphatic carbocycles. The predicted molar refractivity (Wildman–Crippen MR) is 59.4 cm³/mol. The molecule has 0 N–H and O–H groups in total. The molecule has 0 aromatic carbocycles. The van der Waals surface area contributed by atoms with Gasteiger partial charge in [0, 0.05) is 0 Å². The molecule has 0 aromatic heterocycles. The molecule has 0 radical (unpaired) electrons. The lowest BCUT2D eigenvalue weighted by molar-refractivity contribution is 0.286. The summed E-state index contributed by atoms with van der Waals surface area (Å²) in [6.07, 6.45) is 7.56. The SMILES string of the molecule is CPC(CC(C)C)CC1CCC1. The highest BCUT2D eigenvalue weighted by molar-refractivity contribution is 7.37. The maximum absolute atomic E-state index is 2.38. The number of rotatable bonds is 5. The summed E-state index contributed by atoms with van der Waals surface area (Å²) in [5.74, 6) is 2.02. The molecule has 0 heterocycles. The maximum Gasteiger partial charge on any atom is -0.0234 e. The minimum Gasteiger partial charge on any atom is -0.122 e. The fourth-order valence-electron chi connectivity index (χ4n) is 2.03. The Morgan fingerprint density at radius 1 is 1.33 bits per heavy atom. The summed E-state index contributed by atoms with van der Waals surface area (Å²) in [4.78, 5) is 0. The van der Waals surface area contributed by atoms with Gasteiger partial charge in [0.2, 0.25) is 0 Å². The average molecular weight is 186 g/mol. The fourth-order valence-corrected chi connectivity index (χ4v) is 3.31. The summed E-state index contributed by atoms with van der Waals surface area (Å²) < 4.78 is 0. The lowest BCUT2D eigenvalue weighted by atomic mass is 9.81. The Morgan fingerprint density at radius 2 is 2.00 bits per heavy atom. The van der Waals surface area contributed by atoms with Gasteiger partial charge in [-0.15, -0.1) is 8.58 Å². The van der Waals surface area contributed by atoms with E-state index < -0.39 is 0 Å². The highest BCUT2D eigenvalue weighted by atomic mass is 31.1. The van der Waals surface area contributed by atoms with Crippen LogP contribution in [0.4, 0.5) is 0 Å². The monoisotopic (exact) mass is 186 g/mol. The van der Waals surface area contributed by atoms with E-state index in [0.29, 0.717) is 0 Å². The van der Waals surface area contributed by atoms with Gasteiger partial charge in [-0.1, -0.05) is 33.1 Å². The van der Waals surface area contributed by atoms with Crippen LogP contribution in [-0.4, -0.2) is 12.3 Å². The second-order valence-electron chi connectivity index (χ2n) is 4.65. The summed E-state index contributed by atoms with van der Waals surface area (Å²) >= 11 is 0. The van der Waals surface area contributed by atoms with Crippen LogP contribution in [0.1, 0.15) is 46.0 Å². The van der Waals surface area contributed by atoms with Gasteiger partial charge in [-0.2, -0.15) is 0 Å². The summed E-state index contributed by atoms with van der Waals surface area (Å²) in [7, 11) is 1.17. The van der Waals surface area contributed by atoms with E-state index in [9.17, 15) is 0 Å². The van der Waals surface area contributed by atoms with Gasteiger partial charge >= 0.3 is 0 Å². The molecule has 1 fully saturated rings. The van der Waals surface area contributed by atoms with Gasteiger partial charge in [-0.05, 0) is 37.0 Å². The van der Waals surface area contributed by atoms with Gasteiger partial charge in [0.25, 0.3) is 0 Å². The zero-order valence-corrected chi connectivity index (χ0v) is 9.77. The Labute approximate surface area is 79.3 Å². The molecule has 0 amide bonds. The molecule has 1 heteroatoms. The van der Waals surface area contributed by atoms with E-state index in [1.165, 1.54) is 40.7 Å². The van der Waals surface area contributed by atoms with Crippen molar-refractivity contribution in [3.63, 3.8) is 0 Å². The van der Waals surface area contributed by atoms with Crippen LogP contribution in [-0.2, 0) is 0 Å². The normalized spacial score (nSPS) is 22.0. The summed E-state index contributed by atoms with van der Waals surface area (Å²) in [5, 5.41) is 0. The highest BCUT2D eigenvalue weighted by Gasteiger charge is 2.21. The molecule has 2 atom stereocenters. The molecular formula is C11H23P. The molecule has 1 rings (SSSR count). The summed E-state index contributed by atoms with van der Waals surface area (Å²) in [6.45, 7) is 7.09. The van der Waals surface area contributed by atoms with Gasteiger partial charge in [-0.25, -0.2) is 0 Å². The van der Waals surface area contributed by atoms with E-state index in [0.717, 1.165) is 17.5 Å². The smallest absolute Gasteiger partial charge is 0.0234 e. The van der Waals surface area contributed by atoms with Crippen molar-refractivity contribution in [3.8, 4) is 0 Å². The molecule has 0 aromatic rings. The first-order valence-electron chi connectivity index (χ1n) is 5.39. The first kappa shape index (κ1) is 10.5. The topological polar surface area (TPSA) is 0 Å². The minimum absolute atomic E-state index is 0.905. The Balaban J connectivity index is 2.15. The van der Waals surface area contributed by atoms with Crippen LogP contribution in [0.5, 0.6) is 0 Å². The van der Waals surface area contributed by atoms with Crippen molar-refractivity contribution in [1.82, 2.24) is 0 Å². The van der Waals surface area contributed by atoms with Crippen molar-refractivity contribution in [3.05, 3.63) is 0 Å². The molecule has 0 saturated heterocycles. The second-order valence-corrected chi connectivity index (χ2v) is 6.04. The molecule has 1 aliphatic rings. The van der Waals surface area contributed by atoms with Crippen molar-refractivity contribution in [2.45, 2.75) is 51.6 Å². The molecule has 0 spiro atoms.